The number of rotatable bonds is 6. The molecule has 7 nitrogen and oxygen atoms in total. The van der Waals surface area contributed by atoms with E-state index in [9.17, 15) is 4.79 Å². The minimum absolute atomic E-state index is 0.107. The normalized spacial score (nSPS) is 15.9. The Hall–Kier alpha value is -2.55. The van der Waals surface area contributed by atoms with Crippen molar-refractivity contribution in [2.45, 2.75) is 13.0 Å². The molecule has 1 atom stereocenters. The first-order valence-corrected chi connectivity index (χ1v) is 10.6. The minimum atomic E-state index is -0.157. The summed E-state index contributed by atoms with van der Waals surface area (Å²) in [7, 11) is 1.86. The molecule has 1 N–H and O–H groups in total. The molecule has 0 saturated carbocycles. The Morgan fingerprint density at radius 1 is 1.28 bits per heavy atom. The number of ether oxygens (including phenoxy) is 1. The van der Waals surface area contributed by atoms with Crippen LogP contribution in [-0.2, 0) is 11.8 Å². The number of aryl methyl sites for hydroxylation is 2. The van der Waals surface area contributed by atoms with Crippen molar-refractivity contribution in [3.8, 4) is 10.6 Å². The quantitative estimate of drug-likeness (QED) is 0.675. The lowest BCUT2D eigenvalue weighted by atomic mass is 10.0. The molecule has 1 aliphatic heterocycles. The highest BCUT2D eigenvalue weighted by Gasteiger charge is 2.22. The lowest BCUT2D eigenvalue weighted by Gasteiger charge is -2.31. The third-order valence-corrected chi connectivity index (χ3v) is 5.91. The molecule has 0 radical (unpaired) electrons. The summed E-state index contributed by atoms with van der Waals surface area (Å²) in [6.07, 6.45) is 3.65. The first kappa shape index (κ1) is 19.8. The molecule has 1 aromatic carbocycles. The van der Waals surface area contributed by atoms with Crippen molar-refractivity contribution in [1.29, 1.82) is 0 Å². The van der Waals surface area contributed by atoms with Crippen LogP contribution >= 0.6 is 11.3 Å². The predicted octanol–water partition coefficient (Wildman–Crippen LogP) is 2.66. The van der Waals surface area contributed by atoms with Gasteiger partial charge < -0.3 is 10.1 Å². The number of nitrogens with zero attached hydrogens (tertiary/aromatic N) is 4. The molecule has 0 aliphatic carbocycles. The van der Waals surface area contributed by atoms with Gasteiger partial charge in [0.1, 0.15) is 10.7 Å². The summed E-state index contributed by atoms with van der Waals surface area (Å²) in [5.41, 5.74) is 3.65. The molecule has 0 bridgehead atoms. The molecule has 1 fully saturated rings. The number of aromatic nitrogens is 3. The molecule has 3 aromatic rings. The first-order chi connectivity index (χ1) is 14.1. The van der Waals surface area contributed by atoms with Crippen molar-refractivity contribution in [3.05, 3.63) is 58.9 Å². The SMILES string of the molecule is Cc1ccc(C(CN2CCOCC2)NC(=O)c2csc(-c3cnn(C)c3)n2)cc1. The largest absolute Gasteiger partial charge is 0.379 e. The third kappa shape index (κ3) is 4.90. The summed E-state index contributed by atoms with van der Waals surface area (Å²) in [5, 5.41) is 9.96. The van der Waals surface area contributed by atoms with Crippen LogP contribution in [0, 0.1) is 6.92 Å². The Morgan fingerprint density at radius 3 is 2.72 bits per heavy atom. The average Bonchev–Trinajstić information content (AvgIpc) is 3.38. The number of morpholine rings is 1. The maximum atomic E-state index is 13.0. The fourth-order valence-corrected chi connectivity index (χ4v) is 4.13. The van der Waals surface area contributed by atoms with E-state index in [4.69, 9.17) is 4.74 Å². The lowest BCUT2D eigenvalue weighted by Crippen LogP contribution is -2.43. The van der Waals surface area contributed by atoms with Crippen LogP contribution in [-0.4, -0.2) is 58.4 Å². The summed E-state index contributed by atoms with van der Waals surface area (Å²) >= 11 is 1.45. The maximum Gasteiger partial charge on any atom is 0.271 e. The van der Waals surface area contributed by atoms with E-state index in [0.717, 1.165) is 49.0 Å². The Kier molecular flexibility index (Phi) is 6.03. The van der Waals surface area contributed by atoms with E-state index in [1.54, 1.807) is 16.3 Å². The molecule has 1 amide bonds. The number of thiazole rings is 1. The lowest BCUT2D eigenvalue weighted by molar-refractivity contribution is 0.0332. The van der Waals surface area contributed by atoms with Crippen LogP contribution < -0.4 is 5.32 Å². The number of carbonyl (C=O) groups is 1. The van der Waals surface area contributed by atoms with Gasteiger partial charge in [0.05, 0.1) is 25.5 Å². The van der Waals surface area contributed by atoms with Gasteiger partial charge in [-0.1, -0.05) is 29.8 Å². The van der Waals surface area contributed by atoms with Gasteiger partial charge in [0.15, 0.2) is 0 Å². The van der Waals surface area contributed by atoms with Crippen molar-refractivity contribution in [2.24, 2.45) is 7.05 Å². The highest BCUT2D eigenvalue weighted by Crippen LogP contribution is 2.24. The molecule has 1 saturated heterocycles. The fraction of sp³-hybridized carbons (Fsp3) is 0.381. The maximum absolute atomic E-state index is 13.0. The molecule has 1 unspecified atom stereocenters. The monoisotopic (exact) mass is 411 g/mol. The van der Waals surface area contributed by atoms with Gasteiger partial charge in [-0.25, -0.2) is 4.98 Å². The predicted molar refractivity (Wildman–Crippen MR) is 113 cm³/mol. The van der Waals surface area contributed by atoms with Gasteiger partial charge in [0.2, 0.25) is 0 Å². The fourth-order valence-electron chi connectivity index (χ4n) is 3.35. The standard InChI is InChI=1S/C21H25N5O2S/c1-15-3-5-16(6-4-15)18(13-26-7-9-28-10-8-26)23-20(27)19-14-29-21(24-19)17-11-22-25(2)12-17/h3-6,11-12,14,18H,7-10,13H2,1-2H3,(H,23,27). The minimum Gasteiger partial charge on any atom is -0.379 e. The number of nitrogens with one attached hydrogen (secondary N) is 1. The molecule has 2 aromatic heterocycles. The highest BCUT2D eigenvalue weighted by molar-refractivity contribution is 7.13. The Bertz CT molecular complexity index is 960. The summed E-state index contributed by atoms with van der Waals surface area (Å²) in [6.45, 7) is 6.02. The second-order valence-electron chi connectivity index (χ2n) is 7.29. The van der Waals surface area contributed by atoms with E-state index < -0.39 is 0 Å². The third-order valence-electron chi connectivity index (χ3n) is 5.02. The molecule has 29 heavy (non-hydrogen) atoms. The van der Waals surface area contributed by atoms with E-state index in [2.05, 4.69) is 51.5 Å². The van der Waals surface area contributed by atoms with E-state index in [0.29, 0.717) is 5.69 Å². The number of carbonyl (C=O) groups excluding carboxylic acids is 1. The molecular formula is C21H25N5O2S. The summed E-state index contributed by atoms with van der Waals surface area (Å²) in [4.78, 5) is 19.8. The molecule has 3 heterocycles. The molecule has 0 spiro atoms. The van der Waals surface area contributed by atoms with Gasteiger partial charge in [0, 0.05) is 43.8 Å². The van der Waals surface area contributed by atoms with Gasteiger partial charge in [-0.2, -0.15) is 5.10 Å². The molecule has 1 aliphatic rings. The zero-order chi connectivity index (χ0) is 20.2. The zero-order valence-electron chi connectivity index (χ0n) is 16.7. The summed E-state index contributed by atoms with van der Waals surface area (Å²) in [5.74, 6) is -0.157. The molecule has 4 rings (SSSR count). The van der Waals surface area contributed by atoms with E-state index in [1.165, 1.54) is 16.9 Å². The number of hydrogen-bond acceptors (Lipinski definition) is 6. The molecule has 152 valence electrons. The average molecular weight is 412 g/mol. The van der Waals surface area contributed by atoms with Gasteiger partial charge in [-0.05, 0) is 12.5 Å². The van der Waals surface area contributed by atoms with Crippen LogP contribution in [0.5, 0.6) is 0 Å². The van der Waals surface area contributed by atoms with Crippen LogP contribution in [0.15, 0.2) is 42.0 Å². The number of amides is 1. The highest BCUT2D eigenvalue weighted by atomic mass is 32.1. The van der Waals surface area contributed by atoms with Crippen LogP contribution in [0.3, 0.4) is 0 Å². The van der Waals surface area contributed by atoms with E-state index >= 15 is 0 Å². The van der Waals surface area contributed by atoms with Gasteiger partial charge >= 0.3 is 0 Å². The Morgan fingerprint density at radius 2 is 2.03 bits per heavy atom. The molecule has 8 heteroatoms. The van der Waals surface area contributed by atoms with Crippen molar-refractivity contribution in [2.75, 3.05) is 32.8 Å². The van der Waals surface area contributed by atoms with E-state index in [-0.39, 0.29) is 11.9 Å². The van der Waals surface area contributed by atoms with Crippen LogP contribution in [0.25, 0.3) is 10.6 Å². The van der Waals surface area contributed by atoms with Gasteiger partial charge in [-0.3, -0.25) is 14.4 Å². The smallest absolute Gasteiger partial charge is 0.271 e. The second kappa shape index (κ2) is 8.86. The summed E-state index contributed by atoms with van der Waals surface area (Å²) in [6, 6.07) is 8.23. The number of benzene rings is 1. The summed E-state index contributed by atoms with van der Waals surface area (Å²) < 4.78 is 7.18. The van der Waals surface area contributed by atoms with Crippen molar-refractivity contribution in [1.82, 2.24) is 25.0 Å². The zero-order valence-corrected chi connectivity index (χ0v) is 17.5. The Balaban J connectivity index is 1.50. The van der Waals surface area contributed by atoms with Crippen LogP contribution in [0.1, 0.15) is 27.7 Å². The van der Waals surface area contributed by atoms with Gasteiger partial charge in [-0.15, -0.1) is 11.3 Å². The second-order valence-corrected chi connectivity index (χ2v) is 8.15. The van der Waals surface area contributed by atoms with Crippen molar-refractivity contribution < 1.29 is 9.53 Å². The Labute approximate surface area is 174 Å². The van der Waals surface area contributed by atoms with Crippen LogP contribution in [0.4, 0.5) is 0 Å². The van der Waals surface area contributed by atoms with E-state index in [1.807, 2.05) is 13.2 Å². The molecular weight excluding hydrogens is 386 g/mol. The topological polar surface area (TPSA) is 72.3 Å². The first-order valence-electron chi connectivity index (χ1n) is 9.70. The van der Waals surface area contributed by atoms with Crippen molar-refractivity contribution >= 4 is 17.2 Å². The number of hydrogen-bond donors (Lipinski definition) is 1. The van der Waals surface area contributed by atoms with Gasteiger partial charge in [0.25, 0.3) is 5.91 Å². The van der Waals surface area contributed by atoms with Crippen LogP contribution in [0.2, 0.25) is 0 Å². The van der Waals surface area contributed by atoms with Crippen molar-refractivity contribution in [3.63, 3.8) is 0 Å².